The molecule has 2 N–H and O–H groups in total. The van der Waals surface area contributed by atoms with Crippen molar-refractivity contribution in [1.29, 1.82) is 0 Å². The van der Waals surface area contributed by atoms with Crippen LogP contribution < -0.4 is 10.5 Å². The molecule has 0 radical (unpaired) electrons. The first-order valence-corrected chi connectivity index (χ1v) is 6.76. The first-order chi connectivity index (χ1) is 9.61. The molecule has 0 atom stereocenters. The zero-order chi connectivity index (χ0) is 14.5. The Bertz CT molecular complexity index is 594. The maximum absolute atomic E-state index is 11.5. The second-order valence-electron chi connectivity index (χ2n) is 3.87. The molecule has 20 heavy (non-hydrogen) atoms. The third-order valence-electron chi connectivity index (χ3n) is 2.45. The maximum atomic E-state index is 11.5. The molecule has 1 heterocycles. The number of hydrogen-bond donors (Lipinski definition) is 1. The lowest BCUT2D eigenvalue weighted by atomic mass is 10.3. The highest BCUT2D eigenvalue weighted by Crippen LogP contribution is 2.34. The number of halogens is 1. The van der Waals surface area contributed by atoms with E-state index in [0.717, 1.165) is 4.47 Å². The van der Waals surface area contributed by atoms with Crippen LogP contribution >= 0.6 is 15.9 Å². The molecule has 0 aliphatic rings. The third kappa shape index (κ3) is 3.27. The van der Waals surface area contributed by atoms with E-state index >= 15 is 0 Å². The van der Waals surface area contributed by atoms with Gasteiger partial charge in [-0.1, -0.05) is 6.07 Å². The molecule has 1 aromatic carbocycles. The van der Waals surface area contributed by atoms with Crippen LogP contribution in [0.25, 0.3) is 0 Å². The van der Waals surface area contributed by atoms with E-state index in [-0.39, 0.29) is 0 Å². The molecule has 0 saturated heterocycles. The normalized spacial score (nSPS) is 10.1. The summed E-state index contributed by atoms with van der Waals surface area (Å²) >= 11 is 3.36. The van der Waals surface area contributed by atoms with Gasteiger partial charge in [-0.05, 0) is 41.1 Å². The zero-order valence-corrected chi connectivity index (χ0v) is 12.4. The number of benzene rings is 1. The molecular formula is C14H13BrN2O3. The van der Waals surface area contributed by atoms with Gasteiger partial charge >= 0.3 is 5.97 Å². The van der Waals surface area contributed by atoms with Gasteiger partial charge in [0.25, 0.3) is 0 Å². The van der Waals surface area contributed by atoms with Crippen molar-refractivity contribution in [2.24, 2.45) is 0 Å². The van der Waals surface area contributed by atoms with E-state index in [1.54, 1.807) is 25.1 Å². The van der Waals surface area contributed by atoms with Gasteiger partial charge in [0.1, 0.15) is 0 Å². The van der Waals surface area contributed by atoms with Crippen LogP contribution in [0.5, 0.6) is 11.6 Å². The number of ether oxygens (including phenoxy) is 2. The van der Waals surface area contributed by atoms with Crippen molar-refractivity contribution in [3.8, 4) is 11.6 Å². The Hall–Kier alpha value is -2.08. The van der Waals surface area contributed by atoms with Crippen molar-refractivity contribution in [3.05, 3.63) is 46.6 Å². The first kappa shape index (κ1) is 14.3. The lowest BCUT2D eigenvalue weighted by molar-refractivity contribution is 0.0526. The second-order valence-corrected chi connectivity index (χ2v) is 4.72. The van der Waals surface area contributed by atoms with Gasteiger partial charge in [-0.3, -0.25) is 0 Å². The number of carbonyl (C=O) groups is 1. The van der Waals surface area contributed by atoms with E-state index in [1.165, 1.54) is 6.20 Å². The monoisotopic (exact) mass is 336 g/mol. The van der Waals surface area contributed by atoms with Gasteiger partial charge < -0.3 is 15.2 Å². The van der Waals surface area contributed by atoms with Crippen LogP contribution in [-0.4, -0.2) is 17.6 Å². The van der Waals surface area contributed by atoms with Crippen LogP contribution in [0, 0.1) is 0 Å². The fourth-order valence-electron chi connectivity index (χ4n) is 1.51. The number of pyridine rings is 1. The van der Waals surface area contributed by atoms with Gasteiger partial charge in [0, 0.05) is 12.3 Å². The van der Waals surface area contributed by atoms with Gasteiger partial charge in [-0.2, -0.15) is 0 Å². The molecule has 0 saturated carbocycles. The fourth-order valence-corrected chi connectivity index (χ4v) is 1.98. The summed E-state index contributed by atoms with van der Waals surface area (Å²) in [6, 6.07) is 8.54. The number of nitrogens with zero attached hydrogens (tertiary/aromatic N) is 1. The lowest BCUT2D eigenvalue weighted by Crippen LogP contribution is -2.05. The van der Waals surface area contributed by atoms with Crippen LogP contribution in [-0.2, 0) is 4.74 Å². The number of carbonyl (C=O) groups excluding carboxylic acids is 1. The number of rotatable bonds is 4. The largest absolute Gasteiger partial charge is 0.462 e. The topological polar surface area (TPSA) is 74.4 Å². The molecule has 2 aromatic rings. The summed E-state index contributed by atoms with van der Waals surface area (Å²) in [5.74, 6) is 0.424. The molecule has 0 amide bonds. The van der Waals surface area contributed by atoms with Crippen molar-refractivity contribution >= 4 is 27.6 Å². The summed E-state index contributed by atoms with van der Waals surface area (Å²) < 4.78 is 11.2. The quantitative estimate of drug-likeness (QED) is 0.684. The van der Waals surface area contributed by atoms with E-state index in [4.69, 9.17) is 15.2 Å². The van der Waals surface area contributed by atoms with Crippen molar-refractivity contribution in [2.45, 2.75) is 6.92 Å². The fraction of sp³-hybridized carbons (Fsp3) is 0.143. The van der Waals surface area contributed by atoms with Crippen molar-refractivity contribution in [1.82, 2.24) is 4.98 Å². The van der Waals surface area contributed by atoms with Crippen LogP contribution in [0.1, 0.15) is 17.3 Å². The predicted molar refractivity (Wildman–Crippen MR) is 78.8 cm³/mol. The average molecular weight is 337 g/mol. The molecule has 1 aromatic heterocycles. The van der Waals surface area contributed by atoms with Crippen molar-refractivity contribution < 1.29 is 14.3 Å². The highest BCUT2D eigenvalue weighted by Gasteiger charge is 2.10. The minimum absolute atomic E-state index is 0.324. The van der Waals surface area contributed by atoms with Gasteiger partial charge in [0.15, 0.2) is 5.75 Å². The van der Waals surface area contributed by atoms with Crippen molar-refractivity contribution in [2.75, 3.05) is 12.3 Å². The molecular weight excluding hydrogens is 324 g/mol. The SMILES string of the molecule is CCOC(=O)c1ccc(Oc2c(N)cccc2Br)nc1. The number of aromatic nitrogens is 1. The number of esters is 1. The molecule has 5 nitrogen and oxygen atoms in total. The molecule has 0 unspecified atom stereocenters. The van der Waals surface area contributed by atoms with Crippen LogP contribution in [0.3, 0.4) is 0 Å². The Kier molecular flexibility index (Phi) is 4.57. The maximum Gasteiger partial charge on any atom is 0.339 e. The predicted octanol–water partition coefficient (Wildman–Crippen LogP) is 3.40. The van der Waals surface area contributed by atoms with Gasteiger partial charge in [-0.25, -0.2) is 9.78 Å². The van der Waals surface area contributed by atoms with E-state index in [2.05, 4.69) is 20.9 Å². The van der Waals surface area contributed by atoms with Gasteiger partial charge in [0.2, 0.25) is 5.88 Å². The van der Waals surface area contributed by atoms with Crippen LogP contribution in [0.4, 0.5) is 5.69 Å². The van der Waals surface area contributed by atoms with E-state index < -0.39 is 5.97 Å². The number of para-hydroxylation sites is 1. The lowest BCUT2D eigenvalue weighted by Gasteiger charge is -2.09. The molecule has 0 aliphatic heterocycles. The Morgan fingerprint density at radius 1 is 1.35 bits per heavy atom. The van der Waals surface area contributed by atoms with Gasteiger partial charge in [-0.15, -0.1) is 0 Å². The molecule has 104 valence electrons. The summed E-state index contributed by atoms with van der Waals surface area (Å²) in [4.78, 5) is 15.6. The summed E-state index contributed by atoms with van der Waals surface area (Å²) in [5, 5.41) is 0. The van der Waals surface area contributed by atoms with Gasteiger partial charge in [0.05, 0.1) is 22.3 Å². The van der Waals surface area contributed by atoms with E-state index in [0.29, 0.717) is 29.5 Å². The Morgan fingerprint density at radius 2 is 2.15 bits per heavy atom. The molecule has 0 aliphatic carbocycles. The minimum Gasteiger partial charge on any atom is -0.462 e. The summed E-state index contributed by atoms with van der Waals surface area (Å²) in [7, 11) is 0. The molecule has 6 heteroatoms. The molecule has 0 fully saturated rings. The number of nitrogens with two attached hydrogens (primary N) is 1. The number of nitrogen functional groups attached to an aromatic ring is 1. The highest BCUT2D eigenvalue weighted by molar-refractivity contribution is 9.10. The first-order valence-electron chi connectivity index (χ1n) is 5.97. The highest BCUT2D eigenvalue weighted by atomic mass is 79.9. The minimum atomic E-state index is -0.410. The molecule has 0 bridgehead atoms. The third-order valence-corrected chi connectivity index (χ3v) is 3.08. The summed E-state index contributed by atoms with van der Waals surface area (Å²) in [5.41, 5.74) is 6.70. The van der Waals surface area contributed by atoms with E-state index in [1.807, 2.05) is 12.1 Å². The Balaban J connectivity index is 2.17. The molecule has 2 rings (SSSR count). The Labute approximate surface area is 124 Å². The summed E-state index contributed by atoms with van der Waals surface area (Å²) in [6.07, 6.45) is 1.40. The number of hydrogen-bond acceptors (Lipinski definition) is 5. The summed E-state index contributed by atoms with van der Waals surface area (Å²) in [6.45, 7) is 2.07. The van der Waals surface area contributed by atoms with Crippen LogP contribution in [0.15, 0.2) is 41.0 Å². The average Bonchev–Trinajstić information content (AvgIpc) is 2.44. The molecule has 0 spiro atoms. The zero-order valence-electron chi connectivity index (χ0n) is 10.8. The van der Waals surface area contributed by atoms with Crippen molar-refractivity contribution in [3.63, 3.8) is 0 Å². The van der Waals surface area contributed by atoms with E-state index in [9.17, 15) is 4.79 Å². The second kappa shape index (κ2) is 6.38. The smallest absolute Gasteiger partial charge is 0.339 e. The standard InChI is InChI=1S/C14H13BrN2O3/c1-2-19-14(18)9-6-7-12(17-8-9)20-13-10(15)4-3-5-11(13)16/h3-8H,2,16H2,1H3. The number of anilines is 1. The van der Waals surface area contributed by atoms with Crippen LogP contribution in [0.2, 0.25) is 0 Å². The Morgan fingerprint density at radius 3 is 2.75 bits per heavy atom.